The Morgan fingerprint density at radius 3 is 2.52 bits per heavy atom. The molecule has 0 bridgehead atoms. The summed E-state index contributed by atoms with van der Waals surface area (Å²) in [6.45, 7) is 3.20. The monoisotopic (exact) mass is 402 g/mol. The van der Waals surface area contributed by atoms with Crippen LogP contribution in [0.1, 0.15) is 35.8 Å². The van der Waals surface area contributed by atoms with Crippen molar-refractivity contribution in [3.05, 3.63) is 47.8 Å². The highest BCUT2D eigenvalue weighted by Gasteiger charge is 2.31. The van der Waals surface area contributed by atoms with Crippen LogP contribution < -0.4 is 5.73 Å². The van der Waals surface area contributed by atoms with Crippen LogP contribution in [0.2, 0.25) is 0 Å². The van der Waals surface area contributed by atoms with Crippen LogP contribution in [0.15, 0.2) is 36.5 Å². The van der Waals surface area contributed by atoms with Crippen molar-refractivity contribution in [2.75, 3.05) is 13.1 Å². The van der Waals surface area contributed by atoms with Crippen LogP contribution in [0.4, 0.5) is 13.2 Å². The fourth-order valence-corrected chi connectivity index (χ4v) is 3.20. The second-order valence-corrected chi connectivity index (χ2v) is 6.68. The summed E-state index contributed by atoms with van der Waals surface area (Å²) in [4.78, 5) is 14.3. The van der Waals surface area contributed by atoms with Gasteiger partial charge >= 0.3 is 6.18 Å². The van der Waals surface area contributed by atoms with E-state index in [1.807, 2.05) is 6.92 Å². The van der Waals surface area contributed by atoms with Gasteiger partial charge in [-0.25, -0.2) is 4.68 Å². The molecular formula is C18H22ClF3N4O. The molecular weight excluding hydrogens is 381 g/mol. The van der Waals surface area contributed by atoms with E-state index in [4.69, 9.17) is 5.73 Å². The number of aromatic nitrogens is 2. The van der Waals surface area contributed by atoms with Crippen LogP contribution >= 0.6 is 12.4 Å². The topological polar surface area (TPSA) is 64.2 Å². The Kier molecular flexibility index (Phi) is 6.54. The maximum atomic E-state index is 12.8. The van der Waals surface area contributed by atoms with E-state index in [0.29, 0.717) is 19.0 Å². The molecule has 2 aromatic rings. The average Bonchev–Trinajstić information content (AvgIpc) is 3.10. The van der Waals surface area contributed by atoms with Crippen LogP contribution in [0, 0.1) is 5.92 Å². The van der Waals surface area contributed by atoms with Gasteiger partial charge in [-0.05, 0) is 49.9 Å². The first-order valence-electron chi connectivity index (χ1n) is 8.54. The van der Waals surface area contributed by atoms with Gasteiger partial charge in [-0.15, -0.1) is 12.4 Å². The van der Waals surface area contributed by atoms with Crippen molar-refractivity contribution in [3.8, 4) is 5.69 Å². The standard InChI is InChI=1S/C18H21F3N4O.ClH/c1-12(22)13-5-8-24(9-6-13)17(26)16-7-10-25(23-16)15-4-2-3-14(11-15)18(19,20)21;/h2-4,7,10-13H,5-6,8-9,22H2,1H3;1H. The molecule has 5 nitrogen and oxygen atoms in total. The lowest BCUT2D eigenvalue weighted by Gasteiger charge is -2.33. The van der Waals surface area contributed by atoms with E-state index in [2.05, 4.69) is 5.10 Å². The number of carbonyl (C=O) groups excluding carboxylic acids is 1. The zero-order valence-corrected chi connectivity index (χ0v) is 15.6. The number of carbonyl (C=O) groups is 1. The molecule has 1 aromatic carbocycles. The Balaban J connectivity index is 0.00000261. The highest BCUT2D eigenvalue weighted by atomic mass is 35.5. The molecule has 1 aliphatic rings. The number of nitrogens with zero attached hydrogens (tertiary/aromatic N) is 3. The molecule has 1 aromatic heterocycles. The summed E-state index contributed by atoms with van der Waals surface area (Å²) in [6.07, 6.45) is -1.24. The third kappa shape index (κ3) is 4.81. The lowest BCUT2D eigenvalue weighted by Crippen LogP contribution is -2.42. The predicted octanol–water partition coefficient (Wildman–Crippen LogP) is 3.51. The number of hydrogen-bond acceptors (Lipinski definition) is 3. The minimum Gasteiger partial charge on any atom is -0.337 e. The second-order valence-electron chi connectivity index (χ2n) is 6.68. The number of piperidine rings is 1. The van der Waals surface area contributed by atoms with E-state index >= 15 is 0 Å². The Hall–Kier alpha value is -2.06. The molecule has 1 aliphatic heterocycles. The summed E-state index contributed by atoms with van der Waals surface area (Å²) in [6, 6.07) is 6.48. The van der Waals surface area contributed by atoms with Crippen LogP contribution in [-0.2, 0) is 6.18 Å². The summed E-state index contributed by atoms with van der Waals surface area (Å²) >= 11 is 0. The summed E-state index contributed by atoms with van der Waals surface area (Å²) in [5, 5.41) is 4.17. The molecule has 1 amide bonds. The summed E-state index contributed by atoms with van der Waals surface area (Å²) in [5.41, 5.74) is 5.64. The molecule has 0 spiro atoms. The van der Waals surface area contributed by atoms with Gasteiger partial charge in [-0.2, -0.15) is 18.3 Å². The molecule has 148 valence electrons. The molecule has 0 radical (unpaired) electrons. The van der Waals surface area contributed by atoms with Gasteiger partial charge in [-0.1, -0.05) is 6.07 Å². The molecule has 2 heterocycles. The summed E-state index contributed by atoms with van der Waals surface area (Å²) in [7, 11) is 0. The van der Waals surface area contributed by atoms with Crippen LogP contribution in [-0.4, -0.2) is 39.7 Å². The molecule has 1 unspecified atom stereocenters. The Morgan fingerprint density at radius 1 is 1.26 bits per heavy atom. The van der Waals surface area contributed by atoms with Crippen molar-refractivity contribution in [2.24, 2.45) is 11.7 Å². The van der Waals surface area contributed by atoms with Crippen LogP contribution in [0.5, 0.6) is 0 Å². The van der Waals surface area contributed by atoms with Crippen molar-refractivity contribution in [1.82, 2.24) is 14.7 Å². The minimum atomic E-state index is -4.42. The average molecular weight is 403 g/mol. The number of nitrogens with two attached hydrogens (primary N) is 1. The zero-order chi connectivity index (χ0) is 18.9. The van der Waals surface area contributed by atoms with Crippen LogP contribution in [0.25, 0.3) is 5.69 Å². The van der Waals surface area contributed by atoms with Gasteiger partial charge in [0, 0.05) is 25.3 Å². The molecule has 27 heavy (non-hydrogen) atoms. The lowest BCUT2D eigenvalue weighted by atomic mass is 9.91. The molecule has 0 saturated carbocycles. The van der Waals surface area contributed by atoms with Crippen molar-refractivity contribution in [3.63, 3.8) is 0 Å². The highest BCUT2D eigenvalue weighted by molar-refractivity contribution is 5.92. The Bertz CT molecular complexity index is 783. The molecule has 9 heteroatoms. The van der Waals surface area contributed by atoms with Gasteiger partial charge in [0.15, 0.2) is 5.69 Å². The fraction of sp³-hybridized carbons (Fsp3) is 0.444. The number of hydrogen-bond donors (Lipinski definition) is 1. The van der Waals surface area contributed by atoms with E-state index in [-0.39, 0.29) is 35.7 Å². The second kappa shape index (κ2) is 8.31. The Labute approximate surface area is 161 Å². The van der Waals surface area contributed by atoms with E-state index in [9.17, 15) is 18.0 Å². The number of amides is 1. The van der Waals surface area contributed by atoms with Gasteiger partial charge in [-0.3, -0.25) is 4.79 Å². The first kappa shape index (κ1) is 21.2. The lowest BCUT2D eigenvalue weighted by molar-refractivity contribution is -0.137. The summed E-state index contributed by atoms with van der Waals surface area (Å²) in [5.74, 6) is 0.195. The number of rotatable bonds is 3. The maximum absolute atomic E-state index is 12.8. The SMILES string of the molecule is CC(N)C1CCN(C(=O)c2ccn(-c3cccc(C(F)(F)F)c3)n2)CC1.Cl. The van der Waals surface area contributed by atoms with Gasteiger partial charge in [0.1, 0.15) is 0 Å². The molecule has 3 rings (SSSR count). The van der Waals surface area contributed by atoms with E-state index in [1.54, 1.807) is 4.90 Å². The van der Waals surface area contributed by atoms with E-state index < -0.39 is 11.7 Å². The van der Waals surface area contributed by atoms with E-state index in [0.717, 1.165) is 25.0 Å². The predicted molar refractivity (Wildman–Crippen MR) is 98.1 cm³/mol. The number of benzene rings is 1. The first-order chi connectivity index (χ1) is 12.3. The molecule has 1 saturated heterocycles. The molecule has 2 N–H and O–H groups in total. The van der Waals surface area contributed by atoms with Gasteiger partial charge in [0.05, 0.1) is 11.3 Å². The first-order valence-corrected chi connectivity index (χ1v) is 8.54. The van der Waals surface area contributed by atoms with Gasteiger partial charge in [0.2, 0.25) is 0 Å². The van der Waals surface area contributed by atoms with Crippen molar-refractivity contribution in [2.45, 2.75) is 32.0 Å². The fourth-order valence-electron chi connectivity index (χ4n) is 3.20. The number of halogens is 4. The third-order valence-electron chi connectivity index (χ3n) is 4.82. The number of likely N-dealkylation sites (tertiary alicyclic amines) is 1. The van der Waals surface area contributed by atoms with E-state index in [1.165, 1.54) is 29.1 Å². The normalized spacial score (nSPS) is 16.7. The molecule has 1 atom stereocenters. The third-order valence-corrected chi connectivity index (χ3v) is 4.82. The largest absolute Gasteiger partial charge is 0.416 e. The zero-order valence-electron chi connectivity index (χ0n) is 14.8. The van der Waals surface area contributed by atoms with Crippen LogP contribution in [0.3, 0.4) is 0 Å². The van der Waals surface area contributed by atoms with Crippen molar-refractivity contribution in [1.29, 1.82) is 0 Å². The quantitative estimate of drug-likeness (QED) is 0.854. The van der Waals surface area contributed by atoms with Crippen molar-refractivity contribution >= 4 is 18.3 Å². The van der Waals surface area contributed by atoms with Crippen molar-refractivity contribution < 1.29 is 18.0 Å². The minimum absolute atomic E-state index is 0. The number of alkyl halides is 3. The van der Waals surface area contributed by atoms with Gasteiger partial charge < -0.3 is 10.6 Å². The highest BCUT2D eigenvalue weighted by Crippen LogP contribution is 2.30. The molecule has 1 fully saturated rings. The Morgan fingerprint density at radius 2 is 1.93 bits per heavy atom. The summed E-state index contributed by atoms with van der Waals surface area (Å²) < 4.78 is 39.8. The smallest absolute Gasteiger partial charge is 0.337 e. The maximum Gasteiger partial charge on any atom is 0.416 e. The molecule has 0 aliphatic carbocycles. The van der Waals surface area contributed by atoms with Gasteiger partial charge in [0.25, 0.3) is 5.91 Å².